The van der Waals surface area contributed by atoms with E-state index in [9.17, 15) is 14.7 Å². The van der Waals surface area contributed by atoms with E-state index in [-0.39, 0.29) is 12.5 Å². The molecule has 1 atom stereocenters. The smallest absolute Gasteiger partial charge is 0.326 e. The molecule has 0 radical (unpaired) electrons. The van der Waals surface area contributed by atoms with Crippen molar-refractivity contribution in [1.29, 1.82) is 0 Å². The second-order valence-electron chi connectivity index (χ2n) is 7.78. The number of carboxylic acid groups (broad SMARTS) is 1. The van der Waals surface area contributed by atoms with Crippen LogP contribution < -0.4 is 20.1 Å². The molecule has 2 aromatic carbocycles. The van der Waals surface area contributed by atoms with Gasteiger partial charge in [-0.2, -0.15) is 0 Å². The Morgan fingerprint density at radius 1 is 1.00 bits per heavy atom. The second kappa shape index (κ2) is 10.7. The van der Waals surface area contributed by atoms with Crippen LogP contribution in [0.1, 0.15) is 37.7 Å². The lowest BCUT2D eigenvalue weighted by Gasteiger charge is -2.24. The van der Waals surface area contributed by atoms with Gasteiger partial charge in [-0.25, -0.2) is 9.59 Å². The van der Waals surface area contributed by atoms with Crippen LogP contribution in [0.3, 0.4) is 0 Å². The van der Waals surface area contributed by atoms with Gasteiger partial charge in [0.15, 0.2) is 0 Å². The summed E-state index contributed by atoms with van der Waals surface area (Å²) < 4.78 is 10.9. The molecule has 3 N–H and O–H groups in total. The first-order chi connectivity index (χ1) is 15.0. The molecule has 166 valence electrons. The molecule has 0 spiro atoms. The first kappa shape index (κ1) is 22.5. The highest BCUT2D eigenvalue weighted by Gasteiger charge is 2.23. The molecule has 1 aliphatic carbocycles. The Bertz CT molecular complexity index is 869. The number of benzene rings is 2. The van der Waals surface area contributed by atoms with Gasteiger partial charge < -0.3 is 25.2 Å². The molecule has 3 rings (SSSR count). The summed E-state index contributed by atoms with van der Waals surface area (Å²) in [5.74, 6) is 0.322. The number of rotatable bonds is 8. The number of nitrogens with one attached hydrogen (secondary N) is 2. The van der Waals surface area contributed by atoms with E-state index >= 15 is 0 Å². The number of hydrogen-bond acceptors (Lipinski definition) is 4. The highest BCUT2D eigenvalue weighted by molar-refractivity contribution is 5.83. The average Bonchev–Trinajstić information content (AvgIpc) is 2.79. The van der Waals surface area contributed by atoms with Crippen molar-refractivity contribution in [3.8, 4) is 22.6 Å². The summed E-state index contributed by atoms with van der Waals surface area (Å²) in [6.45, 7) is 0. The van der Waals surface area contributed by atoms with Crippen LogP contribution in [0.15, 0.2) is 42.5 Å². The van der Waals surface area contributed by atoms with Gasteiger partial charge in [0.05, 0.1) is 19.8 Å². The quantitative estimate of drug-likeness (QED) is 0.593. The Hall–Kier alpha value is -3.22. The number of urea groups is 1. The van der Waals surface area contributed by atoms with Crippen LogP contribution in [0, 0.1) is 0 Å². The summed E-state index contributed by atoms with van der Waals surface area (Å²) in [6.07, 6.45) is 5.45. The van der Waals surface area contributed by atoms with Crippen LogP contribution in [-0.2, 0) is 11.2 Å². The van der Waals surface area contributed by atoms with Crippen LogP contribution in [0.2, 0.25) is 0 Å². The number of carbonyl (C=O) groups excluding carboxylic acids is 1. The molecule has 0 saturated heterocycles. The molecule has 0 unspecified atom stereocenters. The fourth-order valence-corrected chi connectivity index (χ4v) is 4.01. The van der Waals surface area contributed by atoms with Gasteiger partial charge in [-0.15, -0.1) is 0 Å². The molecule has 1 fully saturated rings. The van der Waals surface area contributed by atoms with E-state index in [2.05, 4.69) is 10.6 Å². The number of amides is 2. The number of hydrogen-bond donors (Lipinski definition) is 3. The highest BCUT2D eigenvalue weighted by Crippen LogP contribution is 2.38. The van der Waals surface area contributed by atoms with Gasteiger partial charge in [-0.3, -0.25) is 0 Å². The van der Waals surface area contributed by atoms with E-state index in [1.165, 1.54) is 6.42 Å². The van der Waals surface area contributed by atoms with E-state index < -0.39 is 18.0 Å². The Morgan fingerprint density at radius 3 is 2.16 bits per heavy atom. The molecule has 1 aliphatic rings. The Balaban J connectivity index is 1.68. The average molecular weight is 427 g/mol. The summed E-state index contributed by atoms with van der Waals surface area (Å²) in [5, 5.41) is 15.1. The Kier molecular flexibility index (Phi) is 7.76. The maximum Gasteiger partial charge on any atom is 0.326 e. The van der Waals surface area contributed by atoms with E-state index in [0.717, 1.165) is 42.4 Å². The monoisotopic (exact) mass is 426 g/mol. The molecule has 0 heterocycles. The molecule has 0 bridgehead atoms. The summed E-state index contributed by atoms with van der Waals surface area (Å²) in [7, 11) is 3.21. The molecular formula is C24H30N2O5. The Labute approximate surface area is 182 Å². The second-order valence-corrected chi connectivity index (χ2v) is 7.78. The van der Waals surface area contributed by atoms with Crippen molar-refractivity contribution in [1.82, 2.24) is 10.6 Å². The van der Waals surface area contributed by atoms with Gasteiger partial charge in [0, 0.05) is 12.5 Å². The number of aliphatic carboxylic acids is 1. The zero-order valence-corrected chi connectivity index (χ0v) is 18.0. The minimum absolute atomic E-state index is 0.123. The lowest BCUT2D eigenvalue weighted by molar-refractivity contribution is -0.139. The van der Waals surface area contributed by atoms with Crippen LogP contribution in [0.5, 0.6) is 11.5 Å². The summed E-state index contributed by atoms with van der Waals surface area (Å²) in [5.41, 5.74) is 2.54. The van der Waals surface area contributed by atoms with Crippen molar-refractivity contribution in [3.63, 3.8) is 0 Å². The lowest BCUT2D eigenvalue weighted by Crippen LogP contribution is -2.50. The van der Waals surface area contributed by atoms with E-state index in [1.54, 1.807) is 14.2 Å². The summed E-state index contributed by atoms with van der Waals surface area (Å²) in [4.78, 5) is 24.0. The van der Waals surface area contributed by atoms with Gasteiger partial charge >= 0.3 is 12.0 Å². The van der Waals surface area contributed by atoms with Gasteiger partial charge in [-0.05, 0) is 36.1 Å². The normalized spacial score (nSPS) is 15.0. The largest absolute Gasteiger partial charge is 0.496 e. The van der Waals surface area contributed by atoms with Crippen LogP contribution in [-0.4, -0.2) is 43.4 Å². The van der Waals surface area contributed by atoms with Crippen molar-refractivity contribution in [2.45, 2.75) is 50.6 Å². The van der Waals surface area contributed by atoms with E-state index in [1.807, 2.05) is 42.5 Å². The predicted molar refractivity (Wildman–Crippen MR) is 119 cm³/mol. The van der Waals surface area contributed by atoms with E-state index in [0.29, 0.717) is 11.5 Å². The first-order valence-corrected chi connectivity index (χ1v) is 10.6. The van der Waals surface area contributed by atoms with Gasteiger partial charge in [0.25, 0.3) is 0 Å². The zero-order valence-electron chi connectivity index (χ0n) is 18.0. The topological polar surface area (TPSA) is 96.9 Å². The third-order valence-corrected chi connectivity index (χ3v) is 5.65. The van der Waals surface area contributed by atoms with Gasteiger partial charge in [-0.1, -0.05) is 49.6 Å². The molecular weight excluding hydrogens is 396 g/mol. The molecule has 0 aliphatic heterocycles. The van der Waals surface area contributed by atoms with Crippen LogP contribution >= 0.6 is 0 Å². The minimum Gasteiger partial charge on any atom is -0.496 e. The molecule has 7 nitrogen and oxygen atoms in total. The highest BCUT2D eigenvalue weighted by atomic mass is 16.5. The van der Waals surface area contributed by atoms with E-state index in [4.69, 9.17) is 9.47 Å². The van der Waals surface area contributed by atoms with Crippen molar-refractivity contribution in [2.75, 3.05) is 14.2 Å². The summed E-state index contributed by atoms with van der Waals surface area (Å²) >= 11 is 0. The van der Waals surface area contributed by atoms with Crippen molar-refractivity contribution < 1.29 is 24.2 Å². The van der Waals surface area contributed by atoms with Crippen molar-refractivity contribution >= 4 is 12.0 Å². The SMILES string of the molecule is COc1cccc(OC)c1-c1ccc(C[C@H](NC(=O)NC2CCCCC2)C(=O)O)cc1. The number of methoxy groups -OCH3 is 2. The van der Waals surface area contributed by atoms with Gasteiger partial charge in [0.1, 0.15) is 17.5 Å². The molecule has 2 amide bonds. The predicted octanol–water partition coefficient (Wildman–Crippen LogP) is 4.00. The fraction of sp³-hybridized carbons (Fsp3) is 0.417. The Morgan fingerprint density at radius 2 is 1.61 bits per heavy atom. The molecule has 31 heavy (non-hydrogen) atoms. The maximum atomic E-state index is 12.3. The van der Waals surface area contributed by atoms with Crippen molar-refractivity contribution in [2.24, 2.45) is 0 Å². The molecule has 0 aromatic heterocycles. The molecule has 1 saturated carbocycles. The number of carboxylic acids is 1. The molecule has 2 aromatic rings. The zero-order chi connectivity index (χ0) is 22.2. The van der Waals surface area contributed by atoms with Crippen LogP contribution in [0.4, 0.5) is 4.79 Å². The number of ether oxygens (including phenoxy) is 2. The summed E-state index contributed by atoms with van der Waals surface area (Å²) in [6, 6.07) is 11.8. The standard InChI is InChI=1S/C24H30N2O5/c1-30-20-9-6-10-21(31-2)22(20)17-13-11-16(12-14-17)15-19(23(27)28)26-24(29)25-18-7-4-3-5-8-18/h6,9-14,18-19H,3-5,7-8,15H2,1-2H3,(H,27,28)(H2,25,26,29)/t19-/m0/s1. The third-order valence-electron chi connectivity index (χ3n) is 5.65. The first-order valence-electron chi connectivity index (χ1n) is 10.6. The van der Waals surface area contributed by atoms with Crippen molar-refractivity contribution in [3.05, 3.63) is 48.0 Å². The maximum absolute atomic E-state index is 12.3. The minimum atomic E-state index is -1.06. The third kappa shape index (κ3) is 5.90. The van der Waals surface area contributed by atoms with Gasteiger partial charge in [0.2, 0.25) is 0 Å². The molecule has 7 heteroatoms. The lowest BCUT2D eigenvalue weighted by atomic mass is 9.96. The van der Waals surface area contributed by atoms with Crippen LogP contribution in [0.25, 0.3) is 11.1 Å². The fourth-order valence-electron chi connectivity index (χ4n) is 4.01. The number of carbonyl (C=O) groups is 2.